The van der Waals surface area contributed by atoms with Gasteiger partial charge in [0, 0.05) is 18.9 Å². The van der Waals surface area contributed by atoms with Gasteiger partial charge in [0.25, 0.3) is 0 Å². The van der Waals surface area contributed by atoms with Crippen molar-refractivity contribution in [1.82, 2.24) is 9.71 Å². The van der Waals surface area contributed by atoms with Gasteiger partial charge < -0.3 is 10.1 Å². The predicted octanol–water partition coefficient (Wildman–Crippen LogP) is 1.33. The van der Waals surface area contributed by atoms with Crippen LogP contribution in [-0.2, 0) is 16.6 Å². The topological polar surface area (TPSA) is 99.3 Å². The third kappa shape index (κ3) is 3.03. The first-order valence-corrected chi connectivity index (χ1v) is 7.02. The van der Waals surface area contributed by atoms with Crippen molar-refractivity contribution in [2.75, 3.05) is 0 Å². The molecule has 0 unspecified atom stereocenters. The third-order valence-corrected chi connectivity index (χ3v) is 4.01. The van der Waals surface area contributed by atoms with Crippen molar-refractivity contribution in [2.24, 2.45) is 0 Å². The molecule has 0 bridgehead atoms. The van der Waals surface area contributed by atoms with E-state index in [0.29, 0.717) is 5.56 Å². The molecule has 1 aromatic heterocycles. The Morgan fingerprint density at radius 3 is 2.70 bits per heavy atom. The summed E-state index contributed by atoms with van der Waals surface area (Å²) in [6.07, 6.45) is 3.26. The predicted molar refractivity (Wildman–Crippen MR) is 68.2 cm³/mol. The highest BCUT2D eigenvalue weighted by Gasteiger charge is 2.18. The number of nitrogens with one attached hydrogen (secondary N) is 2. The fraction of sp³-hybridized carbons (Fsp3) is 0.0833. The lowest BCUT2D eigenvalue weighted by Gasteiger charge is -2.07. The molecule has 6 nitrogen and oxygen atoms in total. The Labute approximate surface area is 114 Å². The van der Waals surface area contributed by atoms with E-state index in [1.165, 1.54) is 0 Å². The maximum absolute atomic E-state index is 13.2. The van der Waals surface area contributed by atoms with Crippen LogP contribution in [0.15, 0.2) is 41.6 Å². The van der Waals surface area contributed by atoms with E-state index in [4.69, 9.17) is 5.11 Å². The molecule has 0 aliphatic heterocycles. The molecule has 106 valence electrons. The maximum atomic E-state index is 13.2. The number of benzene rings is 1. The number of hydrogen-bond acceptors (Lipinski definition) is 3. The van der Waals surface area contributed by atoms with Crippen LogP contribution in [-0.4, -0.2) is 24.5 Å². The van der Waals surface area contributed by atoms with Crippen LogP contribution in [0.5, 0.6) is 0 Å². The molecular weight excluding hydrogens is 287 g/mol. The highest BCUT2D eigenvalue weighted by molar-refractivity contribution is 7.89. The first-order chi connectivity index (χ1) is 9.40. The van der Waals surface area contributed by atoms with Gasteiger partial charge in [0.15, 0.2) is 0 Å². The molecule has 2 rings (SSSR count). The molecular formula is C12H11FN2O4S. The van der Waals surface area contributed by atoms with E-state index in [1.807, 2.05) is 0 Å². The van der Waals surface area contributed by atoms with E-state index < -0.39 is 27.4 Å². The maximum Gasteiger partial charge on any atom is 0.338 e. The van der Waals surface area contributed by atoms with E-state index >= 15 is 0 Å². The minimum atomic E-state index is -3.90. The minimum Gasteiger partial charge on any atom is -0.478 e. The van der Waals surface area contributed by atoms with Crippen molar-refractivity contribution in [1.29, 1.82) is 0 Å². The first kappa shape index (κ1) is 14.2. The molecule has 0 spiro atoms. The van der Waals surface area contributed by atoms with E-state index in [-0.39, 0.29) is 11.4 Å². The zero-order valence-corrected chi connectivity index (χ0v) is 10.9. The molecule has 2 aromatic rings. The van der Waals surface area contributed by atoms with E-state index in [1.54, 1.807) is 18.5 Å². The number of hydrogen-bond donors (Lipinski definition) is 3. The van der Waals surface area contributed by atoms with Crippen LogP contribution in [0.4, 0.5) is 4.39 Å². The summed E-state index contributed by atoms with van der Waals surface area (Å²) < 4.78 is 39.5. The number of carboxylic acid groups (broad SMARTS) is 1. The molecule has 0 saturated carbocycles. The summed E-state index contributed by atoms with van der Waals surface area (Å²) in [5, 5.41) is 8.78. The number of halogens is 1. The van der Waals surface area contributed by atoms with Gasteiger partial charge in [-0.25, -0.2) is 22.3 Å². The molecule has 20 heavy (non-hydrogen) atoms. The first-order valence-electron chi connectivity index (χ1n) is 5.54. The van der Waals surface area contributed by atoms with Gasteiger partial charge in [0.05, 0.1) is 10.5 Å². The van der Waals surface area contributed by atoms with Gasteiger partial charge in [0.2, 0.25) is 10.0 Å². The van der Waals surface area contributed by atoms with Gasteiger partial charge in [-0.05, 0) is 29.8 Å². The number of aromatic nitrogens is 1. The third-order valence-electron chi connectivity index (χ3n) is 2.61. The molecule has 0 amide bonds. The van der Waals surface area contributed by atoms with Crippen LogP contribution in [0.2, 0.25) is 0 Å². The second-order valence-corrected chi connectivity index (χ2v) is 5.76. The Balaban J connectivity index is 2.25. The van der Waals surface area contributed by atoms with Crippen molar-refractivity contribution in [3.63, 3.8) is 0 Å². The number of H-pyrrole nitrogens is 1. The van der Waals surface area contributed by atoms with Crippen LogP contribution in [0.1, 0.15) is 15.9 Å². The van der Waals surface area contributed by atoms with Gasteiger partial charge in [0.1, 0.15) is 5.82 Å². The molecule has 0 fully saturated rings. The van der Waals surface area contributed by atoms with Crippen LogP contribution in [0.3, 0.4) is 0 Å². The quantitative estimate of drug-likeness (QED) is 0.775. The molecule has 0 aliphatic carbocycles. The minimum absolute atomic E-state index is 0.0472. The number of aromatic carboxylic acids is 1. The number of sulfonamides is 1. The number of rotatable bonds is 5. The smallest absolute Gasteiger partial charge is 0.338 e. The summed E-state index contributed by atoms with van der Waals surface area (Å²) >= 11 is 0. The van der Waals surface area contributed by atoms with Crippen LogP contribution in [0.25, 0.3) is 0 Å². The lowest BCUT2D eigenvalue weighted by Crippen LogP contribution is -2.23. The van der Waals surface area contributed by atoms with Crippen molar-refractivity contribution < 1.29 is 22.7 Å². The second-order valence-electron chi connectivity index (χ2n) is 3.99. The SMILES string of the molecule is O=C(O)c1cc(S(=O)(=O)NCc2cc[nH]c2)ccc1F. The van der Waals surface area contributed by atoms with Gasteiger partial charge >= 0.3 is 5.97 Å². The standard InChI is InChI=1S/C12H11FN2O4S/c13-11-2-1-9(5-10(11)12(16)17)20(18,19)15-7-8-3-4-14-6-8/h1-6,14-15H,7H2,(H,16,17). The van der Waals surface area contributed by atoms with E-state index in [9.17, 15) is 17.6 Å². The highest BCUT2D eigenvalue weighted by Crippen LogP contribution is 2.15. The Kier molecular flexibility index (Phi) is 3.86. The summed E-state index contributed by atoms with van der Waals surface area (Å²) in [5.41, 5.74) is 0.0312. The van der Waals surface area contributed by atoms with E-state index in [2.05, 4.69) is 9.71 Å². The Bertz CT molecular complexity index is 726. The number of aromatic amines is 1. The summed E-state index contributed by atoms with van der Waals surface area (Å²) in [5.74, 6) is -2.51. The van der Waals surface area contributed by atoms with Crippen LogP contribution < -0.4 is 4.72 Å². The average Bonchev–Trinajstić information content (AvgIpc) is 2.89. The van der Waals surface area contributed by atoms with Crippen molar-refractivity contribution >= 4 is 16.0 Å². The number of carboxylic acids is 1. The van der Waals surface area contributed by atoms with Gasteiger partial charge in [-0.3, -0.25) is 0 Å². The molecule has 0 atom stereocenters. The van der Waals surface area contributed by atoms with E-state index in [0.717, 1.165) is 18.2 Å². The summed E-state index contributed by atoms with van der Waals surface area (Å²) in [6.45, 7) is 0.0472. The Morgan fingerprint density at radius 2 is 2.10 bits per heavy atom. The lowest BCUT2D eigenvalue weighted by molar-refractivity contribution is 0.0691. The molecule has 1 aromatic carbocycles. The van der Waals surface area contributed by atoms with Gasteiger partial charge in [-0.2, -0.15) is 0 Å². The monoisotopic (exact) mass is 298 g/mol. The van der Waals surface area contributed by atoms with Gasteiger partial charge in [-0.1, -0.05) is 0 Å². The summed E-state index contributed by atoms with van der Waals surface area (Å²) in [7, 11) is -3.90. The van der Waals surface area contributed by atoms with Crippen molar-refractivity contribution in [3.05, 3.63) is 53.6 Å². The number of carbonyl (C=O) groups is 1. The highest BCUT2D eigenvalue weighted by atomic mass is 32.2. The largest absolute Gasteiger partial charge is 0.478 e. The second kappa shape index (κ2) is 5.43. The van der Waals surface area contributed by atoms with Crippen LogP contribution in [0, 0.1) is 5.82 Å². The summed E-state index contributed by atoms with van der Waals surface area (Å²) in [6, 6.07) is 4.31. The van der Waals surface area contributed by atoms with Gasteiger partial charge in [-0.15, -0.1) is 0 Å². The molecule has 1 heterocycles. The average molecular weight is 298 g/mol. The fourth-order valence-corrected chi connectivity index (χ4v) is 2.61. The summed E-state index contributed by atoms with van der Waals surface area (Å²) in [4.78, 5) is 13.3. The Morgan fingerprint density at radius 1 is 1.35 bits per heavy atom. The normalized spacial score (nSPS) is 11.4. The van der Waals surface area contributed by atoms with Crippen molar-refractivity contribution in [3.8, 4) is 0 Å². The zero-order chi connectivity index (χ0) is 14.8. The molecule has 0 aliphatic rings. The molecule has 8 heteroatoms. The molecule has 3 N–H and O–H groups in total. The zero-order valence-electron chi connectivity index (χ0n) is 10.1. The van der Waals surface area contributed by atoms with Crippen LogP contribution >= 0.6 is 0 Å². The lowest BCUT2D eigenvalue weighted by atomic mass is 10.2. The fourth-order valence-electron chi connectivity index (χ4n) is 1.57. The Hall–Kier alpha value is -2.19. The molecule has 0 radical (unpaired) electrons. The molecule has 0 saturated heterocycles. The van der Waals surface area contributed by atoms with Crippen molar-refractivity contribution in [2.45, 2.75) is 11.4 Å².